The predicted octanol–water partition coefficient (Wildman–Crippen LogP) is -2.37. The van der Waals surface area contributed by atoms with E-state index < -0.39 is 17.9 Å². The van der Waals surface area contributed by atoms with Gasteiger partial charge < -0.3 is 19.7 Å². The number of rotatable bonds is 6. The summed E-state index contributed by atoms with van der Waals surface area (Å²) in [5.41, 5.74) is -0.133. The molecule has 0 heterocycles. The van der Waals surface area contributed by atoms with E-state index in [1.807, 2.05) is 0 Å². The van der Waals surface area contributed by atoms with E-state index in [2.05, 4.69) is 0 Å². The molecule has 0 atom stereocenters. The second-order valence-corrected chi connectivity index (χ2v) is 3.95. The molecule has 0 spiro atoms. The van der Waals surface area contributed by atoms with Gasteiger partial charge in [0.2, 0.25) is 0 Å². The number of hydrogen-bond acceptors (Lipinski definition) is 5. The van der Waals surface area contributed by atoms with Gasteiger partial charge in [0.15, 0.2) is 0 Å². The van der Waals surface area contributed by atoms with Gasteiger partial charge in [-0.3, -0.25) is 0 Å². The van der Waals surface area contributed by atoms with Crippen molar-refractivity contribution >= 4 is 17.9 Å². The number of carboxylic acid groups (broad SMARTS) is 2. The normalized spacial score (nSPS) is 10.4. The van der Waals surface area contributed by atoms with Gasteiger partial charge in [-0.1, -0.05) is 18.2 Å². The topological polar surface area (TPSA) is 104 Å². The molecule has 1 aromatic rings. The summed E-state index contributed by atoms with van der Waals surface area (Å²) in [5, 5.41) is 19.3. The van der Waals surface area contributed by atoms with Crippen molar-refractivity contribution in [2.45, 2.75) is 13.3 Å². The molecule has 0 aromatic heterocycles. The molecule has 0 aliphatic heterocycles. The zero-order valence-electron chi connectivity index (χ0n) is 11.8. The van der Waals surface area contributed by atoms with Crippen molar-refractivity contribution in [2.75, 3.05) is 6.61 Å². The Bertz CT molecular complexity index is 564. The van der Waals surface area contributed by atoms with E-state index in [1.165, 1.54) is 37.3 Å². The largest absolute Gasteiger partial charge is 1.00 e. The summed E-state index contributed by atoms with van der Waals surface area (Å²) < 4.78 is 4.89. The van der Waals surface area contributed by atoms with Crippen LogP contribution in [0.3, 0.4) is 0 Å². The van der Waals surface area contributed by atoms with Crippen LogP contribution < -0.4 is 34.7 Å². The summed E-state index contributed by atoms with van der Waals surface area (Å²) in [7, 11) is 0. The molecule has 1 aromatic carbocycles. The average molecular weight is 300 g/mol. The Hall–Kier alpha value is -1.63. The van der Waals surface area contributed by atoms with Crippen molar-refractivity contribution < 1.29 is 58.9 Å². The molecule has 1 rings (SSSR count). The Morgan fingerprint density at radius 2 is 1.81 bits per heavy atom. The molecule has 0 saturated heterocycles. The Morgan fingerprint density at radius 1 is 1.24 bits per heavy atom. The summed E-state index contributed by atoms with van der Waals surface area (Å²) in [5.74, 6) is -3.26. The summed E-state index contributed by atoms with van der Waals surface area (Å²) in [6.45, 7) is 1.33. The molecule has 0 aliphatic carbocycles. The van der Waals surface area contributed by atoms with Gasteiger partial charge in [-0.05, 0) is 24.6 Å². The van der Waals surface area contributed by atoms with E-state index in [-0.39, 0.29) is 59.3 Å². The molecule has 1 N–H and O–H groups in total. The molecule has 0 fully saturated rings. The quantitative estimate of drug-likeness (QED) is 0.273. The van der Waals surface area contributed by atoms with E-state index in [1.54, 1.807) is 0 Å². The zero-order chi connectivity index (χ0) is 15.1. The van der Waals surface area contributed by atoms with Crippen LogP contribution in [0.4, 0.5) is 0 Å². The van der Waals surface area contributed by atoms with Crippen LogP contribution in [0.2, 0.25) is 0 Å². The fourth-order valence-corrected chi connectivity index (χ4v) is 1.44. The van der Waals surface area contributed by atoms with Crippen molar-refractivity contribution in [1.29, 1.82) is 0 Å². The Labute approximate surface area is 143 Å². The number of ether oxygens (including phenoxy) is 1. The standard InChI is InChI=1S/C14H14O6.Na/c1-9(12(15)16)5-4-8-20-14(19)11-7-3-2-6-10(11)13(17)18;/h2-3,5-7H,4,8H2,1H3,(H,15,16)(H,17,18);/q;+1/p-1. The SMILES string of the molecule is CC(=CCCOC(=O)c1ccccc1C(=O)O)C(=O)[O-].[Na+]. The van der Waals surface area contributed by atoms with Crippen LogP contribution in [0.5, 0.6) is 0 Å². The first kappa shape index (κ1) is 19.4. The first-order valence-corrected chi connectivity index (χ1v) is 5.81. The summed E-state index contributed by atoms with van der Waals surface area (Å²) >= 11 is 0. The second-order valence-electron chi connectivity index (χ2n) is 3.95. The Kier molecular flexibility index (Phi) is 8.61. The smallest absolute Gasteiger partial charge is 0.545 e. The molecule has 0 unspecified atom stereocenters. The molecule has 6 nitrogen and oxygen atoms in total. The van der Waals surface area contributed by atoms with Gasteiger partial charge >= 0.3 is 41.5 Å². The maximum absolute atomic E-state index is 11.7. The van der Waals surface area contributed by atoms with Gasteiger partial charge in [-0.15, -0.1) is 0 Å². The van der Waals surface area contributed by atoms with Gasteiger partial charge in [0.25, 0.3) is 0 Å². The fraction of sp³-hybridized carbons (Fsp3) is 0.214. The molecule has 21 heavy (non-hydrogen) atoms. The van der Waals surface area contributed by atoms with Crippen molar-refractivity contribution in [3.05, 3.63) is 47.0 Å². The van der Waals surface area contributed by atoms with E-state index in [9.17, 15) is 19.5 Å². The number of carboxylic acids is 2. The van der Waals surface area contributed by atoms with Crippen molar-refractivity contribution in [1.82, 2.24) is 0 Å². The minimum atomic E-state index is -1.28. The molecule has 7 heteroatoms. The number of esters is 1. The number of carbonyl (C=O) groups is 3. The summed E-state index contributed by atoms with van der Waals surface area (Å²) in [4.78, 5) is 33.1. The third-order valence-electron chi connectivity index (χ3n) is 2.50. The third-order valence-corrected chi connectivity index (χ3v) is 2.50. The van der Waals surface area contributed by atoms with Crippen molar-refractivity contribution in [3.63, 3.8) is 0 Å². The Morgan fingerprint density at radius 3 is 2.33 bits per heavy atom. The van der Waals surface area contributed by atoms with E-state index in [0.717, 1.165) is 0 Å². The fourth-order valence-electron chi connectivity index (χ4n) is 1.44. The van der Waals surface area contributed by atoms with Gasteiger partial charge in [-0.2, -0.15) is 0 Å². The number of benzene rings is 1. The third kappa shape index (κ3) is 6.12. The number of aromatic carboxylic acids is 1. The summed E-state index contributed by atoms with van der Waals surface area (Å²) in [6.07, 6.45) is 1.58. The average Bonchev–Trinajstić information content (AvgIpc) is 2.42. The first-order chi connectivity index (χ1) is 9.43. The minimum absolute atomic E-state index is 0. The van der Waals surface area contributed by atoms with Crippen molar-refractivity contribution in [2.24, 2.45) is 0 Å². The molecule has 0 radical (unpaired) electrons. The summed E-state index contributed by atoms with van der Waals surface area (Å²) in [6, 6.07) is 5.70. The van der Waals surface area contributed by atoms with E-state index in [4.69, 9.17) is 9.84 Å². The van der Waals surface area contributed by atoms with Gasteiger partial charge in [-0.25, -0.2) is 9.59 Å². The van der Waals surface area contributed by atoms with Gasteiger partial charge in [0, 0.05) is 6.42 Å². The number of hydrogen-bond donors (Lipinski definition) is 1. The van der Waals surface area contributed by atoms with Crippen LogP contribution in [-0.2, 0) is 9.53 Å². The maximum atomic E-state index is 11.7. The van der Waals surface area contributed by atoms with Crippen LogP contribution in [0.25, 0.3) is 0 Å². The first-order valence-electron chi connectivity index (χ1n) is 5.81. The van der Waals surface area contributed by atoms with E-state index >= 15 is 0 Å². The second kappa shape index (κ2) is 9.33. The van der Waals surface area contributed by atoms with Gasteiger partial charge in [0.1, 0.15) is 0 Å². The van der Waals surface area contributed by atoms with Crippen LogP contribution in [0, 0.1) is 0 Å². The molecular formula is C14H13NaO6. The van der Waals surface area contributed by atoms with E-state index in [0.29, 0.717) is 0 Å². The molecule has 106 valence electrons. The molecule has 0 amide bonds. The van der Waals surface area contributed by atoms with Crippen LogP contribution in [-0.4, -0.2) is 29.6 Å². The van der Waals surface area contributed by atoms with Crippen LogP contribution in [0.15, 0.2) is 35.9 Å². The predicted molar refractivity (Wildman–Crippen MR) is 67.1 cm³/mol. The molecule has 0 bridgehead atoms. The zero-order valence-corrected chi connectivity index (χ0v) is 13.8. The van der Waals surface area contributed by atoms with Gasteiger partial charge in [0.05, 0.1) is 23.7 Å². The van der Waals surface area contributed by atoms with Crippen molar-refractivity contribution in [3.8, 4) is 0 Å². The monoisotopic (exact) mass is 300 g/mol. The minimum Gasteiger partial charge on any atom is -0.545 e. The Balaban J connectivity index is 0.00000400. The van der Waals surface area contributed by atoms with Crippen LogP contribution in [0.1, 0.15) is 34.1 Å². The number of carbonyl (C=O) groups excluding carboxylic acids is 2. The number of aliphatic carboxylic acids is 1. The molecule has 0 aliphatic rings. The molecule has 0 saturated carbocycles. The van der Waals surface area contributed by atoms with Crippen LogP contribution >= 0.6 is 0 Å². The maximum Gasteiger partial charge on any atom is 1.00 e. The molecular weight excluding hydrogens is 287 g/mol.